The van der Waals surface area contributed by atoms with E-state index < -0.39 is 0 Å². The second-order valence-electron chi connectivity index (χ2n) is 6.42. The summed E-state index contributed by atoms with van der Waals surface area (Å²) < 4.78 is 5.60. The Morgan fingerprint density at radius 3 is 3.10 bits per heavy atom. The lowest BCUT2D eigenvalue weighted by atomic mass is 10.0. The van der Waals surface area contributed by atoms with Crippen LogP contribution in [0.2, 0.25) is 0 Å². The van der Waals surface area contributed by atoms with E-state index in [2.05, 4.69) is 35.3 Å². The van der Waals surface area contributed by atoms with E-state index in [9.17, 15) is 0 Å². The first kappa shape index (κ1) is 14.9. The zero-order chi connectivity index (χ0) is 14.5. The van der Waals surface area contributed by atoms with Crippen molar-refractivity contribution in [3.8, 4) is 5.75 Å². The zero-order valence-corrected chi connectivity index (χ0v) is 13.2. The second kappa shape index (κ2) is 7.28. The van der Waals surface area contributed by atoms with Crippen LogP contribution in [0, 0.1) is 0 Å². The molecule has 2 aliphatic rings. The highest BCUT2D eigenvalue weighted by Gasteiger charge is 2.17. The molecule has 1 unspecified atom stereocenters. The Morgan fingerprint density at radius 2 is 2.29 bits per heavy atom. The minimum atomic E-state index is 0.683. The Kier molecular flexibility index (Phi) is 5.15. The van der Waals surface area contributed by atoms with E-state index in [1.807, 2.05) is 0 Å². The highest BCUT2D eigenvalue weighted by molar-refractivity contribution is 5.39. The van der Waals surface area contributed by atoms with E-state index in [4.69, 9.17) is 4.74 Å². The molecule has 1 atom stereocenters. The molecule has 1 fully saturated rings. The van der Waals surface area contributed by atoms with Gasteiger partial charge in [-0.25, -0.2) is 0 Å². The van der Waals surface area contributed by atoms with Crippen molar-refractivity contribution in [3.05, 3.63) is 29.3 Å². The summed E-state index contributed by atoms with van der Waals surface area (Å²) in [5.74, 6) is 1.09. The van der Waals surface area contributed by atoms with E-state index >= 15 is 0 Å². The molecule has 1 saturated heterocycles. The van der Waals surface area contributed by atoms with Gasteiger partial charge in [0.2, 0.25) is 0 Å². The predicted octanol–water partition coefficient (Wildman–Crippen LogP) is 2.98. The van der Waals surface area contributed by atoms with Gasteiger partial charge in [0.1, 0.15) is 5.75 Å². The summed E-state index contributed by atoms with van der Waals surface area (Å²) in [6, 6.07) is 7.42. The zero-order valence-electron chi connectivity index (χ0n) is 13.2. The number of rotatable bonds is 6. The smallest absolute Gasteiger partial charge is 0.122 e. The van der Waals surface area contributed by atoms with Crippen LogP contribution in [-0.4, -0.2) is 37.2 Å². The third-order valence-corrected chi connectivity index (χ3v) is 4.59. The van der Waals surface area contributed by atoms with E-state index in [0.717, 1.165) is 25.3 Å². The Morgan fingerprint density at radius 1 is 1.33 bits per heavy atom. The van der Waals surface area contributed by atoms with Crippen LogP contribution < -0.4 is 10.1 Å². The quantitative estimate of drug-likeness (QED) is 0.871. The van der Waals surface area contributed by atoms with Crippen molar-refractivity contribution in [2.24, 2.45) is 0 Å². The van der Waals surface area contributed by atoms with Crippen molar-refractivity contribution in [1.29, 1.82) is 0 Å². The molecular weight excluding hydrogens is 260 g/mol. The van der Waals surface area contributed by atoms with Crippen molar-refractivity contribution in [3.63, 3.8) is 0 Å². The van der Waals surface area contributed by atoms with Gasteiger partial charge in [0.15, 0.2) is 0 Å². The summed E-state index contributed by atoms with van der Waals surface area (Å²) >= 11 is 0. The summed E-state index contributed by atoms with van der Waals surface area (Å²) in [7, 11) is 0. The molecule has 0 bridgehead atoms. The predicted molar refractivity (Wildman–Crippen MR) is 86.9 cm³/mol. The monoisotopic (exact) mass is 288 g/mol. The van der Waals surface area contributed by atoms with Gasteiger partial charge >= 0.3 is 0 Å². The van der Waals surface area contributed by atoms with Crippen LogP contribution >= 0.6 is 0 Å². The lowest BCUT2D eigenvalue weighted by molar-refractivity contribution is 0.217. The van der Waals surface area contributed by atoms with Crippen molar-refractivity contribution in [1.82, 2.24) is 10.2 Å². The highest BCUT2D eigenvalue weighted by Crippen LogP contribution is 2.26. The summed E-state index contributed by atoms with van der Waals surface area (Å²) in [4.78, 5) is 2.61. The number of fused-ring (bicyclic) bond motifs is 1. The third-order valence-electron chi connectivity index (χ3n) is 4.59. The van der Waals surface area contributed by atoms with E-state index in [0.29, 0.717) is 6.04 Å². The van der Waals surface area contributed by atoms with E-state index in [1.165, 1.54) is 56.4 Å². The molecule has 0 aliphatic carbocycles. The number of nitrogens with zero attached hydrogens (tertiary/aromatic N) is 1. The maximum Gasteiger partial charge on any atom is 0.122 e. The SMILES string of the molecule is CCCN(Cc1ccc2c(c1)CCO2)CC1CCCCN1. The number of hydrogen-bond acceptors (Lipinski definition) is 3. The molecular formula is C18H28N2O. The fourth-order valence-corrected chi connectivity index (χ4v) is 3.54. The molecule has 0 saturated carbocycles. The standard InChI is InChI=1S/C18H28N2O/c1-2-10-20(14-17-5-3-4-9-19-17)13-15-6-7-18-16(12-15)8-11-21-18/h6-7,12,17,19H,2-5,8-11,13-14H2,1H3. The Balaban J connectivity index is 1.61. The van der Waals surface area contributed by atoms with Crippen molar-refractivity contribution in [2.75, 3.05) is 26.2 Å². The van der Waals surface area contributed by atoms with Crippen LogP contribution in [0.5, 0.6) is 5.75 Å². The fourth-order valence-electron chi connectivity index (χ4n) is 3.54. The van der Waals surface area contributed by atoms with Gasteiger partial charge in [-0.3, -0.25) is 4.90 Å². The van der Waals surface area contributed by atoms with Gasteiger partial charge in [-0.2, -0.15) is 0 Å². The Bertz CT molecular complexity index is 455. The highest BCUT2D eigenvalue weighted by atomic mass is 16.5. The summed E-state index contributed by atoms with van der Waals surface area (Å²) in [6.07, 6.45) is 6.35. The number of ether oxygens (including phenoxy) is 1. The number of hydrogen-bond donors (Lipinski definition) is 1. The first-order valence-electron chi connectivity index (χ1n) is 8.55. The average molecular weight is 288 g/mol. The van der Waals surface area contributed by atoms with Crippen molar-refractivity contribution < 1.29 is 4.74 Å². The molecule has 0 radical (unpaired) electrons. The first-order valence-corrected chi connectivity index (χ1v) is 8.55. The normalized spacial score (nSPS) is 21.3. The van der Waals surface area contributed by atoms with Gasteiger partial charge in [-0.1, -0.05) is 25.5 Å². The third kappa shape index (κ3) is 3.98. The number of nitrogens with one attached hydrogen (secondary N) is 1. The van der Waals surface area contributed by atoms with Crippen LogP contribution in [0.1, 0.15) is 43.7 Å². The minimum absolute atomic E-state index is 0.683. The molecule has 1 N–H and O–H groups in total. The fraction of sp³-hybridized carbons (Fsp3) is 0.667. The molecule has 1 aromatic carbocycles. The van der Waals surface area contributed by atoms with Crippen LogP contribution in [0.25, 0.3) is 0 Å². The molecule has 3 heteroatoms. The summed E-state index contributed by atoms with van der Waals surface area (Å²) in [5, 5.41) is 3.67. The first-order chi connectivity index (χ1) is 10.3. The molecule has 3 nitrogen and oxygen atoms in total. The van der Waals surface area contributed by atoms with Crippen LogP contribution in [-0.2, 0) is 13.0 Å². The molecule has 116 valence electrons. The molecule has 0 amide bonds. The largest absolute Gasteiger partial charge is 0.493 e. The number of piperidine rings is 1. The van der Waals surface area contributed by atoms with Crippen LogP contribution in [0.4, 0.5) is 0 Å². The van der Waals surface area contributed by atoms with Crippen molar-refractivity contribution in [2.45, 2.75) is 51.6 Å². The minimum Gasteiger partial charge on any atom is -0.493 e. The lowest BCUT2D eigenvalue weighted by Gasteiger charge is -2.30. The number of benzene rings is 1. The molecule has 0 spiro atoms. The van der Waals surface area contributed by atoms with Crippen LogP contribution in [0.3, 0.4) is 0 Å². The van der Waals surface area contributed by atoms with E-state index in [1.54, 1.807) is 0 Å². The lowest BCUT2D eigenvalue weighted by Crippen LogP contribution is -2.43. The molecule has 1 aromatic rings. The van der Waals surface area contributed by atoms with Crippen molar-refractivity contribution >= 4 is 0 Å². The van der Waals surface area contributed by atoms with Gasteiger partial charge in [-0.05, 0) is 49.5 Å². The summed E-state index contributed by atoms with van der Waals surface area (Å²) in [5.41, 5.74) is 2.82. The van der Waals surface area contributed by atoms with Gasteiger partial charge in [0.25, 0.3) is 0 Å². The van der Waals surface area contributed by atoms with Gasteiger partial charge < -0.3 is 10.1 Å². The summed E-state index contributed by atoms with van der Waals surface area (Å²) in [6.45, 7) is 7.76. The molecule has 2 heterocycles. The van der Waals surface area contributed by atoms with Gasteiger partial charge in [0.05, 0.1) is 6.61 Å². The van der Waals surface area contributed by atoms with Crippen LogP contribution in [0.15, 0.2) is 18.2 Å². The average Bonchev–Trinajstić information content (AvgIpc) is 2.96. The molecule has 2 aliphatic heterocycles. The maximum atomic E-state index is 5.60. The second-order valence-corrected chi connectivity index (χ2v) is 6.42. The molecule has 3 rings (SSSR count). The van der Waals surface area contributed by atoms with Gasteiger partial charge in [0, 0.05) is 25.6 Å². The molecule has 0 aromatic heterocycles. The molecule has 21 heavy (non-hydrogen) atoms. The van der Waals surface area contributed by atoms with Gasteiger partial charge in [-0.15, -0.1) is 0 Å². The Labute approximate surface area is 128 Å². The Hall–Kier alpha value is -1.06. The van der Waals surface area contributed by atoms with E-state index in [-0.39, 0.29) is 0 Å². The topological polar surface area (TPSA) is 24.5 Å². The maximum absolute atomic E-state index is 5.60.